The summed E-state index contributed by atoms with van der Waals surface area (Å²) in [6.07, 6.45) is -4.53. The Morgan fingerprint density at radius 1 is 0.833 bits per heavy atom. The highest BCUT2D eigenvalue weighted by atomic mass is 19.4. The van der Waals surface area contributed by atoms with E-state index in [1.165, 1.54) is 23.8 Å². The van der Waals surface area contributed by atoms with Crippen LogP contribution < -0.4 is 5.32 Å². The average Bonchev–Trinajstić information content (AvgIpc) is 3.21. The molecule has 0 atom stereocenters. The van der Waals surface area contributed by atoms with Gasteiger partial charge in [0.1, 0.15) is 5.82 Å². The third-order valence-electron chi connectivity index (χ3n) is 6.42. The Morgan fingerprint density at radius 3 is 2.25 bits per heavy atom. The maximum Gasteiger partial charge on any atom is 0.418 e. The van der Waals surface area contributed by atoms with Crippen LogP contribution in [0.15, 0.2) is 78.9 Å². The summed E-state index contributed by atoms with van der Waals surface area (Å²) >= 11 is 0. The molecule has 6 nitrogen and oxygen atoms in total. The largest absolute Gasteiger partial charge is 0.418 e. The molecule has 0 saturated carbocycles. The fraction of sp³-hybridized carbons (Fsp3) is 0.259. The van der Waals surface area contributed by atoms with Crippen molar-refractivity contribution in [3.63, 3.8) is 0 Å². The Hall–Kier alpha value is -3.85. The molecule has 0 radical (unpaired) electrons. The Bertz CT molecular complexity index is 1340. The fourth-order valence-electron chi connectivity index (χ4n) is 4.53. The third kappa shape index (κ3) is 5.21. The molecule has 1 aromatic heterocycles. The van der Waals surface area contributed by atoms with Crippen LogP contribution in [0, 0.1) is 0 Å². The van der Waals surface area contributed by atoms with Crippen LogP contribution in [-0.2, 0) is 19.3 Å². The van der Waals surface area contributed by atoms with Crippen LogP contribution in [-0.4, -0.2) is 51.6 Å². The van der Waals surface area contributed by atoms with Gasteiger partial charge in [-0.25, -0.2) is 9.78 Å². The van der Waals surface area contributed by atoms with E-state index in [-0.39, 0.29) is 5.69 Å². The second kappa shape index (κ2) is 10.0. The topological polar surface area (TPSA) is 53.4 Å². The molecule has 2 heterocycles. The number of anilines is 1. The number of rotatable bonds is 5. The number of halogens is 3. The summed E-state index contributed by atoms with van der Waals surface area (Å²) in [7, 11) is 0. The van der Waals surface area contributed by atoms with Crippen molar-refractivity contribution in [3.8, 4) is 0 Å². The van der Waals surface area contributed by atoms with Gasteiger partial charge in [0.15, 0.2) is 0 Å². The Labute approximate surface area is 207 Å². The molecule has 3 aromatic carbocycles. The molecule has 36 heavy (non-hydrogen) atoms. The van der Waals surface area contributed by atoms with Crippen molar-refractivity contribution in [1.29, 1.82) is 0 Å². The number of hydrogen-bond donors (Lipinski definition) is 1. The lowest BCUT2D eigenvalue weighted by atomic mass is 10.1. The van der Waals surface area contributed by atoms with E-state index in [9.17, 15) is 18.0 Å². The van der Waals surface area contributed by atoms with Crippen molar-refractivity contribution < 1.29 is 18.0 Å². The van der Waals surface area contributed by atoms with Gasteiger partial charge in [-0.05, 0) is 29.8 Å². The molecular formula is C27H26F3N5O. The van der Waals surface area contributed by atoms with Gasteiger partial charge in [-0.2, -0.15) is 13.2 Å². The number of hydrogen-bond acceptors (Lipinski definition) is 3. The predicted molar refractivity (Wildman–Crippen MR) is 133 cm³/mol. The van der Waals surface area contributed by atoms with Crippen LogP contribution in [0.2, 0.25) is 0 Å². The van der Waals surface area contributed by atoms with E-state index >= 15 is 0 Å². The minimum Gasteiger partial charge on any atom is -0.322 e. The first kappa shape index (κ1) is 23.9. The first-order valence-electron chi connectivity index (χ1n) is 11.8. The molecule has 1 fully saturated rings. The van der Waals surface area contributed by atoms with Gasteiger partial charge < -0.3 is 14.8 Å². The first-order valence-corrected chi connectivity index (χ1v) is 11.8. The Balaban J connectivity index is 1.25. The molecule has 9 heteroatoms. The van der Waals surface area contributed by atoms with Crippen LogP contribution in [0.3, 0.4) is 0 Å². The number of benzene rings is 3. The smallest absolute Gasteiger partial charge is 0.322 e. The van der Waals surface area contributed by atoms with Crippen LogP contribution >= 0.6 is 0 Å². The zero-order valence-corrected chi connectivity index (χ0v) is 19.6. The number of fused-ring (bicyclic) bond motifs is 1. The summed E-state index contributed by atoms with van der Waals surface area (Å²) in [5, 5.41) is 2.44. The van der Waals surface area contributed by atoms with Gasteiger partial charge in [-0.3, -0.25) is 4.90 Å². The van der Waals surface area contributed by atoms with Gasteiger partial charge in [0.2, 0.25) is 0 Å². The van der Waals surface area contributed by atoms with E-state index in [1.54, 1.807) is 4.90 Å². The monoisotopic (exact) mass is 493 g/mol. The van der Waals surface area contributed by atoms with Crippen molar-refractivity contribution in [2.75, 3.05) is 31.5 Å². The van der Waals surface area contributed by atoms with Crippen LogP contribution in [0.5, 0.6) is 0 Å². The van der Waals surface area contributed by atoms with Gasteiger partial charge in [0.05, 0.1) is 28.8 Å². The number of para-hydroxylation sites is 3. The quantitative estimate of drug-likeness (QED) is 0.402. The summed E-state index contributed by atoms with van der Waals surface area (Å²) in [6, 6.07) is 22.8. The van der Waals surface area contributed by atoms with E-state index < -0.39 is 17.8 Å². The SMILES string of the molecule is O=C(Nc1ccccc1C(F)(F)F)N1CCN(Cc2nc3ccccc3n2Cc2ccccc2)CC1. The third-order valence-corrected chi connectivity index (χ3v) is 6.42. The molecule has 5 rings (SSSR count). The molecule has 0 unspecified atom stereocenters. The van der Waals surface area contributed by atoms with Crippen molar-refractivity contribution >= 4 is 22.8 Å². The van der Waals surface area contributed by atoms with Crippen LogP contribution in [0.1, 0.15) is 17.0 Å². The lowest BCUT2D eigenvalue weighted by Crippen LogP contribution is -2.49. The molecule has 0 aliphatic carbocycles. The molecule has 2 amide bonds. The number of urea groups is 1. The second-order valence-corrected chi connectivity index (χ2v) is 8.83. The predicted octanol–water partition coefficient (Wildman–Crippen LogP) is 5.45. The maximum atomic E-state index is 13.3. The van der Waals surface area contributed by atoms with Crippen molar-refractivity contribution in [1.82, 2.24) is 19.4 Å². The van der Waals surface area contributed by atoms with Gasteiger partial charge in [0, 0.05) is 32.7 Å². The highest BCUT2D eigenvalue weighted by Gasteiger charge is 2.34. The van der Waals surface area contributed by atoms with Gasteiger partial charge in [-0.1, -0.05) is 54.6 Å². The molecule has 0 bridgehead atoms. The molecule has 1 saturated heterocycles. The molecule has 4 aromatic rings. The summed E-state index contributed by atoms with van der Waals surface area (Å²) in [5.74, 6) is 0.942. The summed E-state index contributed by atoms with van der Waals surface area (Å²) in [6.45, 7) is 3.36. The van der Waals surface area contributed by atoms with E-state index in [4.69, 9.17) is 4.98 Å². The van der Waals surface area contributed by atoms with E-state index in [0.29, 0.717) is 39.3 Å². The lowest BCUT2D eigenvalue weighted by Gasteiger charge is -2.34. The summed E-state index contributed by atoms with van der Waals surface area (Å²) in [5.41, 5.74) is 2.10. The van der Waals surface area contributed by atoms with E-state index in [0.717, 1.165) is 22.9 Å². The van der Waals surface area contributed by atoms with E-state index in [1.807, 2.05) is 36.4 Å². The number of alkyl halides is 3. The van der Waals surface area contributed by atoms with Crippen LogP contribution in [0.25, 0.3) is 11.0 Å². The number of carbonyl (C=O) groups is 1. The number of carbonyl (C=O) groups excluding carboxylic acids is 1. The summed E-state index contributed by atoms with van der Waals surface area (Å²) in [4.78, 5) is 21.3. The number of nitrogens with zero attached hydrogens (tertiary/aromatic N) is 4. The number of piperazine rings is 1. The average molecular weight is 494 g/mol. The molecule has 0 spiro atoms. The molecule has 1 aliphatic heterocycles. The minimum absolute atomic E-state index is 0.230. The van der Waals surface area contributed by atoms with Crippen molar-refractivity contribution in [2.45, 2.75) is 19.3 Å². The number of nitrogens with one attached hydrogen (secondary N) is 1. The number of aromatic nitrogens is 2. The zero-order valence-electron chi connectivity index (χ0n) is 19.6. The normalized spacial score (nSPS) is 14.8. The first-order chi connectivity index (χ1) is 17.4. The zero-order chi connectivity index (χ0) is 25.1. The number of amides is 2. The van der Waals surface area contributed by atoms with Crippen molar-refractivity contribution in [3.05, 3.63) is 95.8 Å². The fourth-order valence-corrected chi connectivity index (χ4v) is 4.53. The maximum absolute atomic E-state index is 13.3. The number of imidazole rings is 1. The minimum atomic E-state index is -4.53. The Morgan fingerprint density at radius 2 is 1.50 bits per heavy atom. The lowest BCUT2D eigenvalue weighted by molar-refractivity contribution is -0.136. The standard InChI is InChI=1S/C27H26F3N5O/c28-27(29,30)21-10-4-5-11-22(21)32-26(36)34-16-14-33(15-17-34)19-25-31-23-12-6-7-13-24(23)35(25)18-20-8-2-1-3-9-20/h1-13H,14-19H2,(H,32,36). The molecule has 1 aliphatic rings. The molecular weight excluding hydrogens is 467 g/mol. The molecule has 186 valence electrons. The Kier molecular flexibility index (Phi) is 6.65. The highest BCUT2D eigenvalue weighted by Crippen LogP contribution is 2.34. The highest BCUT2D eigenvalue weighted by molar-refractivity contribution is 5.90. The van der Waals surface area contributed by atoms with Gasteiger partial charge >= 0.3 is 12.2 Å². The second-order valence-electron chi connectivity index (χ2n) is 8.83. The van der Waals surface area contributed by atoms with Gasteiger partial charge in [-0.15, -0.1) is 0 Å². The molecule has 1 N–H and O–H groups in total. The van der Waals surface area contributed by atoms with E-state index in [2.05, 4.69) is 33.0 Å². The summed E-state index contributed by atoms with van der Waals surface area (Å²) < 4.78 is 42.0. The van der Waals surface area contributed by atoms with Crippen molar-refractivity contribution in [2.24, 2.45) is 0 Å². The van der Waals surface area contributed by atoms with Crippen LogP contribution in [0.4, 0.5) is 23.7 Å². The van der Waals surface area contributed by atoms with Gasteiger partial charge in [0.25, 0.3) is 0 Å².